The fraction of sp³-hybridized carbons (Fsp3) is 0.267. The molecule has 0 aliphatic rings. The Hall–Kier alpha value is -2.41. The Bertz CT molecular complexity index is 815. The fourth-order valence-corrected chi connectivity index (χ4v) is 2.98. The van der Waals surface area contributed by atoms with Gasteiger partial charge in [-0.15, -0.1) is 0 Å². The molecule has 0 radical (unpaired) electrons. The lowest BCUT2D eigenvalue weighted by Gasteiger charge is -2.12. The summed E-state index contributed by atoms with van der Waals surface area (Å²) in [5.74, 6) is 0.882. The van der Waals surface area contributed by atoms with Gasteiger partial charge in [0.05, 0.1) is 16.3 Å². The molecule has 0 aliphatic carbocycles. The van der Waals surface area contributed by atoms with Gasteiger partial charge in [0.25, 0.3) is 0 Å². The van der Waals surface area contributed by atoms with Gasteiger partial charge in [-0.3, -0.25) is 0 Å². The van der Waals surface area contributed by atoms with Gasteiger partial charge in [0.15, 0.2) is 10.9 Å². The van der Waals surface area contributed by atoms with E-state index in [1.165, 1.54) is 6.33 Å². The van der Waals surface area contributed by atoms with Gasteiger partial charge in [-0.05, 0) is 32.4 Å². The second kappa shape index (κ2) is 5.76. The highest BCUT2D eigenvalue weighted by Crippen LogP contribution is 2.32. The zero-order valence-electron chi connectivity index (χ0n) is 12.6. The lowest BCUT2D eigenvalue weighted by molar-refractivity contribution is 0.234. The normalized spacial score (nSPS) is 11.1. The van der Waals surface area contributed by atoms with E-state index in [1.54, 1.807) is 11.3 Å². The molecule has 0 spiro atoms. The van der Waals surface area contributed by atoms with Crippen molar-refractivity contribution >= 4 is 38.2 Å². The Labute approximate surface area is 132 Å². The van der Waals surface area contributed by atoms with Crippen LogP contribution in [0.25, 0.3) is 10.2 Å². The van der Waals surface area contributed by atoms with Crippen molar-refractivity contribution in [2.75, 3.05) is 11.1 Å². The van der Waals surface area contributed by atoms with E-state index in [9.17, 15) is 0 Å². The molecule has 0 saturated carbocycles. The molecule has 0 aliphatic heterocycles. The number of thiazole rings is 1. The van der Waals surface area contributed by atoms with Crippen LogP contribution in [0.1, 0.15) is 19.4 Å². The van der Waals surface area contributed by atoms with E-state index in [0.29, 0.717) is 17.4 Å². The van der Waals surface area contributed by atoms with E-state index < -0.39 is 0 Å². The maximum atomic E-state index is 6.07. The molecule has 2 aromatic heterocycles. The molecular formula is C15H17N5OS. The van der Waals surface area contributed by atoms with Crippen LogP contribution in [0.15, 0.2) is 24.5 Å². The number of ether oxygens (including phenoxy) is 1. The van der Waals surface area contributed by atoms with Crippen molar-refractivity contribution in [1.29, 1.82) is 0 Å². The first-order valence-electron chi connectivity index (χ1n) is 6.95. The van der Waals surface area contributed by atoms with Crippen LogP contribution in [0.3, 0.4) is 0 Å². The smallest absolute Gasteiger partial charge is 0.242 e. The minimum absolute atomic E-state index is 0.00449. The predicted molar refractivity (Wildman–Crippen MR) is 89.8 cm³/mol. The SMILES string of the molecule is Cc1cccc2sc(Nc3ncnc(OC(C)C)c3N)nc12. The maximum absolute atomic E-state index is 6.07. The molecular weight excluding hydrogens is 298 g/mol. The Balaban J connectivity index is 1.93. The van der Waals surface area contributed by atoms with Gasteiger partial charge in [-0.25, -0.2) is 9.97 Å². The van der Waals surface area contributed by atoms with Crippen molar-refractivity contribution in [2.24, 2.45) is 0 Å². The standard InChI is InChI=1S/C15H17N5OS/c1-8(2)21-14-11(16)13(17-7-18-14)20-15-19-12-9(3)5-4-6-10(12)22-15/h4-8H,16H2,1-3H3,(H,17,18,19,20). The van der Waals surface area contributed by atoms with Crippen molar-refractivity contribution in [3.8, 4) is 5.88 Å². The number of anilines is 3. The number of hydrogen-bond acceptors (Lipinski definition) is 7. The van der Waals surface area contributed by atoms with Crippen LogP contribution in [0, 0.1) is 6.92 Å². The van der Waals surface area contributed by atoms with Crippen LogP contribution in [0.2, 0.25) is 0 Å². The van der Waals surface area contributed by atoms with Gasteiger partial charge < -0.3 is 15.8 Å². The largest absolute Gasteiger partial charge is 0.473 e. The Morgan fingerprint density at radius 3 is 2.82 bits per heavy atom. The zero-order chi connectivity index (χ0) is 15.7. The number of hydrogen-bond donors (Lipinski definition) is 2. The molecule has 0 amide bonds. The van der Waals surface area contributed by atoms with E-state index in [1.807, 2.05) is 39.0 Å². The number of aromatic nitrogens is 3. The zero-order valence-corrected chi connectivity index (χ0v) is 13.4. The summed E-state index contributed by atoms with van der Waals surface area (Å²) in [6.45, 7) is 5.88. The lowest BCUT2D eigenvalue weighted by Crippen LogP contribution is -2.10. The number of nitrogens with zero attached hydrogens (tertiary/aromatic N) is 3. The number of rotatable bonds is 4. The highest BCUT2D eigenvalue weighted by molar-refractivity contribution is 7.22. The summed E-state index contributed by atoms with van der Waals surface area (Å²) < 4.78 is 6.69. The molecule has 0 saturated heterocycles. The Morgan fingerprint density at radius 2 is 2.09 bits per heavy atom. The number of nitrogens with one attached hydrogen (secondary N) is 1. The Morgan fingerprint density at radius 1 is 1.27 bits per heavy atom. The first kappa shape index (κ1) is 14.5. The van der Waals surface area contributed by atoms with Crippen LogP contribution < -0.4 is 15.8 Å². The number of nitrogen functional groups attached to an aromatic ring is 1. The van der Waals surface area contributed by atoms with Gasteiger partial charge in [0.1, 0.15) is 12.0 Å². The maximum Gasteiger partial charge on any atom is 0.242 e. The van der Waals surface area contributed by atoms with Crippen molar-refractivity contribution in [3.05, 3.63) is 30.1 Å². The highest BCUT2D eigenvalue weighted by atomic mass is 32.1. The van der Waals surface area contributed by atoms with Gasteiger partial charge in [-0.1, -0.05) is 23.5 Å². The summed E-state index contributed by atoms with van der Waals surface area (Å²) in [7, 11) is 0. The fourth-order valence-electron chi connectivity index (χ4n) is 2.04. The van der Waals surface area contributed by atoms with Crippen LogP contribution in [-0.2, 0) is 0 Å². The summed E-state index contributed by atoms with van der Waals surface area (Å²) >= 11 is 1.56. The number of benzene rings is 1. The van der Waals surface area contributed by atoms with Crippen molar-refractivity contribution in [1.82, 2.24) is 15.0 Å². The van der Waals surface area contributed by atoms with Crippen LogP contribution in [0.5, 0.6) is 5.88 Å². The second-order valence-corrected chi connectivity index (χ2v) is 6.20. The number of para-hydroxylation sites is 1. The van der Waals surface area contributed by atoms with Crippen LogP contribution in [0.4, 0.5) is 16.6 Å². The summed E-state index contributed by atoms with van der Waals surface area (Å²) in [6, 6.07) is 6.11. The van der Waals surface area contributed by atoms with Gasteiger partial charge >= 0.3 is 0 Å². The molecule has 3 N–H and O–H groups in total. The molecule has 1 aromatic carbocycles. The average Bonchev–Trinajstić information content (AvgIpc) is 2.87. The number of fused-ring (bicyclic) bond motifs is 1. The molecule has 2 heterocycles. The number of aryl methyl sites for hydroxylation is 1. The van der Waals surface area contributed by atoms with E-state index in [-0.39, 0.29) is 6.10 Å². The highest BCUT2D eigenvalue weighted by Gasteiger charge is 2.13. The molecule has 114 valence electrons. The molecule has 0 atom stereocenters. The van der Waals surface area contributed by atoms with Crippen LogP contribution >= 0.6 is 11.3 Å². The third-order valence-electron chi connectivity index (χ3n) is 3.04. The molecule has 0 unspecified atom stereocenters. The minimum Gasteiger partial charge on any atom is -0.473 e. The molecule has 0 bridgehead atoms. The van der Waals surface area contributed by atoms with Crippen molar-refractivity contribution < 1.29 is 4.74 Å². The van der Waals surface area contributed by atoms with E-state index in [4.69, 9.17) is 10.5 Å². The molecule has 7 heteroatoms. The summed E-state index contributed by atoms with van der Waals surface area (Å²) in [5, 5.41) is 3.89. The molecule has 6 nitrogen and oxygen atoms in total. The summed E-state index contributed by atoms with van der Waals surface area (Å²) in [4.78, 5) is 12.8. The number of nitrogens with two attached hydrogens (primary N) is 1. The van der Waals surface area contributed by atoms with Crippen molar-refractivity contribution in [2.45, 2.75) is 26.9 Å². The van der Waals surface area contributed by atoms with Gasteiger partial charge in [-0.2, -0.15) is 4.98 Å². The first-order valence-corrected chi connectivity index (χ1v) is 7.76. The molecule has 3 aromatic rings. The van der Waals surface area contributed by atoms with Gasteiger partial charge in [0, 0.05) is 0 Å². The lowest BCUT2D eigenvalue weighted by atomic mass is 10.2. The first-order chi connectivity index (χ1) is 10.5. The van der Waals surface area contributed by atoms with E-state index in [0.717, 1.165) is 20.9 Å². The molecule has 22 heavy (non-hydrogen) atoms. The topological polar surface area (TPSA) is 86.0 Å². The van der Waals surface area contributed by atoms with Gasteiger partial charge in [0.2, 0.25) is 5.88 Å². The Kier molecular flexibility index (Phi) is 3.81. The van der Waals surface area contributed by atoms with Crippen molar-refractivity contribution in [3.63, 3.8) is 0 Å². The summed E-state index contributed by atoms with van der Waals surface area (Å²) in [6.07, 6.45) is 1.42. The minimum atomic E-state index is -0.00449. The van der Waals surface area contributed by atoms with Crippen LogP contribution in [-0.4, -0.2) is 21.1 Å². The quantitative estimate of drug-likeness (QED) is 0.766. The average molecular weight is 315 g/mol. The molecule has 0 fully saturated rings. The third-order valence-corrected chi connectivity index (χ3v) is 3.98. The van der Waals surface area contributed by atoms with E-state index >= 15 is 0 Å². The monoisotopic (exact) mass is 315 g/mol. The molecule has 3 rings (SSSR count). The summed E-state index contributed by atoms with van der Waals surface area (Å²) in [5.41, 5.74) is 8.58. The second-order valence-electron chi connectivity index (χ2n) is 5.17. The predicted octanol–water partition coefficient (Wildman–Crippen LogP) is 3.51. The third kappa shape index (κ3) is 2.80. The van der Waals surface area contributed by atoms with E-state index in [2.05, 4.69) is 20.3 Å².